The summed E-state index contributed by atoms with van der Waals surface area (Å²) in [5.74, 6) is 0.196. The molecule has 1 atom stereocenters. The lowest BCUT2D eigenvalue weighted by Gasteiger charge is -2.03. The zero-order valence-electron chi connectivity index (χ0n) is 6.77. The van der Waals surface area contributed by atoms with E-state index in [2.05, 4.69) is 4.98 Å². The first kappa shape index (κ1) is 9.15. The first-order valence-electron chi connectivity index (χ1n) is 3.26. The summed E-state index contributed by atoms with van der Waals surface area (Å²) >= 11 is -2.04. The summed E-state index contributed by atoms with van der Waals surface area (Å²) < 4.78 is 24.3. The van der Waals surface area contributed by atoms with Gasteiger partial charge in [-0.25, -0.2) is 9.19 Å². The Morgan fingerprint density at radius 1 is 1.67 bits per heavy atom. The predicted molar refractivity (Wildman–Crippen MR) is 44.6 cm³/mol. The van der Waals surface area contributed by atoms with Gasteiger partial charge in [0, 0.05) is 6.20 Å². The number of methoxy groups -OCH3 is 1. The second-order valence-corrected chi connectivity index (χ2v) is 3.21. The summed E-state index contributed by atoms with van der Waals surface area (Å²) in [6.45, 7) is 1.79. The highest BCUT2D eigenvalue weighted by atomic mass is 32.2. The van der Waals surface area contributed by atoms with E-state index in [0.29, 0.717) is 0 Å². The molecule has 0 radical (unpaired) electrons. The summed E-state index contributed by atoms with van der Waals surface area (Å²) in [7, 11) is 1.41. The number of rotatable bonds is 2. The van der Waals surface area contributed by atoms with Gasteiger partial charge in [0.2, 0.25) is 5.88 Å². The van der Waals surface area contributed by atoms with Gasteiger partial charge in [0.1, 0.15) is 4.90 Å². The van der Waals surface area contributed by atoms with Gasteiger partial charge in [-0.1, -0.05) is 0 Å². The molecule has 0 aliphatic carbocycles. The smallest absolute Gasteiger partial charge is 0.232 e. The number of pyridine rings is 1. The lowest BCUT2D eigenvalue weighted by atomic mass is 10.3. The Balaban J connectivity index is 3.21. The van der Waals surface area contributed by atoms with E-state index in [-0.39, 0.29) is 10.8 Å². The summed E-state index contributed by atoms with van der Waals surface area (Å²) in [4.78, 5) is 4.05. The van der Waals surface area contributed by atoms with Crippen LogP contribution in [0.15, 0.2) is 17.2 Å². The van der Waals surface area contributed by atoms with Gasteiger partial charge in [0.25, 0.3) is 0 Å². The topological polar surface area (TPSA) is 59.4 Å². The largest absolute Gasteiger partial charge is 0.480 e. The van der Waals surface area contributed by atoms with Gasteiger partial charge >= 0.3 is 0 Å². The lowest BCUT2D eigenvalue weighted by molar-refractivity contribution is 0.384. The molecule has 0 fully saturated rings. The molecule has 0 aromatic carbocycles. The number of aromatic nitrogens is 1. The van der Waals surface area contributed by atoms with E-state index in [1.54, 1.807) is 19.2 Å². The fraction of sp³-hybridized carbons (Fsp3) is 0.286. The van der Waals surface area contributed by atoms with Crippen molar-refractivity contribution in [3.05, 3.63) is 17.8 Å². The Kier molecular flexibility index (Phi) is 2.78. The van der Waals surface area contributed by atoms with E-state index in [0.717, 1.165) is 5.56 Å². The van der Waals surface area contributed by atoms with Crippen LogP contribution in [0.1, 0.15) is 5.56 Å². The zero-order chi connectivity index (χ0) is 9.14. The van der Waals surface area contributed by atoms with Crippen molar-refractivity contribution in [2.75, 3.05) is 7.11 Å². The summed E-state index contributed by atoms with van der Waals surface area (Å²) in [5, 5.41) is 0. The van der Waals surface area contributed by atoms with Crippen molar-refractivity contribution in [1.29, 1.82) is 0 Å². The molecule has 0 saturated carbocycles. The van der Waals surface area contributed by atoms with Crippen molar-refractivity contribution in [3.63, 3.8) is 0 Å². The highest BCUT2D eigenvalue weighted by molar-refractivity contribution is 7.79. The Labute approximate surface area is 72.9 Å². The molecule has 1 rings (SSSR count). The summed E-state index contributed by atoms with van der Waals surface area (Å²) in [6.07, 6.45) is 1.58. The van der Waals surface area contributed by atoms with Crippen molar-refractivity contribution in [3.8, 4) is 5.88 Å². The Bertz CT molecular complexity index is 314. The van der Waals surface area contributed by atoms with Crippen LogP contribution in [0.4, 0.5) is 0 Å². The number of hydrogen-bond acceptors (Lipinski definition) is 3. The molecule has 0 spiro atoms. The van der Waals surface area contributed by atoms with Gasteiger partial charge in [0.05, 0.1) is 7.11 Å². The maximum atomic E-state index is 10.7. The van der Waals surface area contributed by atoms with Crippen molar-refractivity contribution in [1.82, 2.24) is 4.98 Å². The first-order chi connectivity index (χ1) is 5.65. The monoisotopic (exact) mass is 187 g/mol. The minimum absolute atomic E-state index is 0.196. The van der Waals surface area contributed by atoms with E-state index in [9.17, 15) is 4.21 Å². The molecule has 1 N–H and O–H groups in total. The molecule has 4 nitrogen and oxygen atoms in total. The SMILES string of the molecule is COc1ncc(C)cc1S(=O)O. The molecule has 12 heavy (non-hydrogen) atoms. The molecule has 1 aromatic rings. The lowest BCUT2D eigenvalue weighted by Crippen LogP contribution is -1.97. The third-order valence-corrected chi connectivity index (χ3v) is 2.01. The molecule has 5 heteroatoms. The molecule has 0 bridgehead atoms. The van der Waals surface area contributed by atoms with Crippen molar-refractivity contribution < 1.29 is 13.5 Å². The zero-order valence-corrected chi connectivity index (χ0v) is 7.59. The fourth-order valence-electron chi connectivity index (χ4n) is 0.808. The molecule has 0 saturated heterocycles. The Morgan fingerprint density at radius 2 is 2.33 bits per heavy atom. The van der Waals surface area contributed by atoms with Crippen LogP contribution in [0.2, 0.25) is 0 Å². The maximum absolute atomic E-state index is 10.7. The van der Waals surface area contributed by atoms with Crippen LogP contribution in [0.5, 0.6) is 5.88 Å². The number of aryl methyl sites for hydroxylation is 1. The van der Waals surface area contributed by atoms with Crippen molar-refractivity contribution in [2.45, 2.75) is 11.8 Å². The predicted octanol–water partition coefficient (Wildman–Crippen LogP) is 0.979. The highest BCUT2D eigenvalue weighted by Gasteiger charge is 2.09. The molecule has 0 amide bonds. The first-order valence-corrected chi connectivity index (χ1v) is 4.37. The standard InChI is InChI=1S/C7H9NO3S/c1-5-3-6(12(9)10)7(11-2)8-4-5/h3-4H,1-2H3,(H,9,10). The van der Waals surface area contributed by atoms with Gasteiger partial charge in [0.15, 0.2) is 11.1 Å². The molecule has 1 unspecified atom stereocenters. The van der Waals surface area contributed by atoms with E-state index < -0.39 is 11.1 Å². The molecular formula is C7H9NO3S. The Hall–Kier alpha value is -0.940. The van der Waals surface area contributed by atoms with Gasteiger partial charge in [-0.2, -0.15) is 0 Å². The van der Waals surface area contributed by atoms with Crippen LogP contribution >= 0.6 is 0 Å². The average molecular weight is 187 g/mol. The van der Waals surface area contributed by atoms with Crippen LogP contribution in [-0.4, -0.2) is 20.9 Å². The second-order valence-electron chi connectivity index (χ2n) is 2.27. The van der Waals surface area contributed by atoms with Crippen molar-refractivity contribution in [2.24, 2.45) is 0 Å². The molecule has 66 valence electrons. The second kappa shape index (κ2) is 3.64. The summed E-state index contributed by atoms with van der Waals surface area (Å²) in [6, 6.07) is 1.57. The van der Waals surface area contributed by atoms with E-state index in [1.165, 1.54) is 7.11 Å². The minimum atomic E-state index is -2.04. The van der Waals surface area contributed by atoms with Crippen molar-refractivity contribution >= 4 is 11.1 Å². The van der Waals surface area contributed by atoms with E-state index >= 15 is 0 Å². The fourth-order valence-corrected chi connectivity index (χ4v) is 1.38. The van der Waals surface area contributed by atoms with Gasteiger partial charge in [-0.05, 0) is 18.6 Å². The van der Waals surface area contributed by atoms with Gasteiger partial charge in [-0.15, -0.1) is 0 Å². The minimum Gasteiger partial charge on any atom is -0.480 e. The van der Waals surface area contributed by atoms with Crippen LogP contribution in [0, 0.1) is 6.92 Å². The van der Waals surface area contributed by atoms with Crippen LogP contribution < -0.4 is 4.74 Å². The molecule has 0 aliphatic rings. The number of nitrogens with zero attached hydrogens (tertiary/aromatic N) is 1. The quantitative estimate of drug-likeness (QED) is 0.701. The molecule has 1 heterocycles. The molecule has 0 aliphatic heterocycles. The third kappa shape index (κ3) is 1.80. The van der Waals surface area contributed by atoms with Crippen LogP contribution in [0.3, 0.4) is 0 Å². The van der Waals surface area contributed by atoms with Crippen LogP contribution in [0.25, 0.3) is 0 Å². The van der Waals surface area contributed by atoms with Gasteiger partial charge in [-0.3, -0.25) is 0 Å². The normalized spacial score (nSPS) is 12.6. The number of ether oxygens (including phenoxy) is 1. The van der Waals surface area contributed by atoms with E-state index in [4.69, 9.17) is 9.29 Å². The third-order valence-electron chi connectivity index (χ3n) is 1.34. The van der Waals surface area contributed by atoms with E-state index in [1.807, 2.05) is 0 Å². The Morgan fingerprint density at radius 3 is 2.83 bits per heavy atom. The highest BCUT2D eigenvalue weighted by Crippen LogP contribution is 2.18. The summed E-state index contributed by atoms with van der Waals surface area (Å²) in [5.41, 5.74) is 0.827. The molecular weight excluding hydrogens is 178 g/mol. The molecule has 1 aromatic heterocycles. The number of hydrogen-bond donors (Lipinski definition) is 1. The maximum Gasteiger partial charge on any atom is 0.232 e. The van der Waals surface area contributed by atoms with Crippen LogP contribution in [-0.2, 0) is 11.1 Å². The van der Waals surface area contributed by atoms with Gasteiger partial charge < -0.3 is 9.29 Å². The average Bonchev–Trinajstić information content (AvgIpc) is 2.04.